The van der Waals surface area contributed by atoms with Crippen molar-refractivity contribution >= 4 is 32.7 Å². The van der Waals surface area contributed by atoms with Gasteiger partial charge < -0.3 is 4.42 Å². The first-order chi connectivity index (χ1) is 15.7. The molecule has 0 unspecified atom stereocenters. The van der Waals surface area contributed by atoms with Gasteiger partial charge in [0, 0.05) is 33.9 Å². The first-order valence-electron chi connectivity index (χ1n) is 12.0. The third-order valence-corrected chi connectivity index (χ3v) is 7.52. The molecule has 6 rings (SSSR count). The van der Waals surface area contributed by atoms with Crippen LogP contribution in [0.5, 0.6) is 0 Å². The van der Waals surface area contributed by atoms with Crippen molar-refractivity contribution in [2.24, 2.45) is 13.0 Å². The Morgan fingerprint density at radius 2 is 1.62 bits per heavy atom. The lowest BCUT2D eigenvalue weighted by atomic mass is 9.85. The minimum absolute atomic E-state index is 0.844. The van der Waals surface area contributed by atoms with Gasteiger partial charge in [0.25, 0.3) is 0 Å². The van der Waals surface area contributed by atoms with Crippen molar-refractivity contribution in [3.63, 3.8) is 0 Å². The number of aromatic nitrogens is 1. The van der Waals surface area contributed by atoms with E-state index in [0.29, 0.717) is 0 Å². The van der Waals surface area contributed by atoms with Gasteiger partial charge in [-0.15, -0.1) is 0 Å². The van der Waals surface area contributed by atoms with E-state index in [1.54, 1.807) is 0 Å². The maximum atomic E-state index is 6.54. The largest absolute Gasteiger partial charge is 0.455 e. The van der Waals surface area contributed by atoms with Gasteiger partial charge in [0.05, 0.1) is 5.56 Å². The molecule has 0 atom stereocenters. The number of hydrogen-bond donors (Lipinski definition) is 0. The molecular weight excluding hydrogens is 390 g/mol. The zero-order valence-electron chi connectivity index (χ0n) is 19.0. The van der Waals surface area contributed by atoms with Gasteiger partial charge in [-0.2, -0.15) is 0 Å². The van der Waals surface area contributed by atoms with Crippen LogP contribution in [0.4, 0.5) is 0 Å². The Balaban J connectivity index is 1.47. The van der Waals surface area contributed by atoms with Crippen molar-refractivity contribution in [3.05, 3.63) is 78.0 Å². The van der Waals surface area contributed by atoms with E-state index >= 15 is 0 Å². The van der Waals surface area contributed by atoms with Crippen LogP contribution in [0, 0.1) is 12.8 Å². The van der Waals surface area contributed by atoms with Crippen LogP contribution in [0.3, 0.4) is 0 Å². The van der Waals surface area contributed by atoms with E-state index in [0.717, 1.165) is 17.1 Å². The highest BCUT2D eigenvalue weighted by Gasteiger charge is 2.20. The molecule has 0 radical (unpaired) electrons. The molecule has 0 bridgehead atoms. The number of nitrogens with zero attached hydrogens (tertiary/aromatic N) is 1. The molecule has 0 amide bonds. The lowest BCUT2D eigenvalue weighted by Crippen LogP contribution is -2.31. The van der Waals surface area contributed by atoms with E-state index in [4.69, 9.17) is 4.42 Å². The van der Waals surface area contributed by atoms with Crippen LogP contribution in [0.25, 0.3) is 44.0 Å². The number of pyridine rings is 1. The highest BCUT2D eigenvalue weighted by molar-refractivity contribution is 6.15. The fraction of sp³-hybridized carbons (Fsp3) is 0.300. The van der Waals surface area contributed by atoms with Crippen molar-refractivity contribution < 1.29 is 8.98 Å². The molecule has 0 spiro atoms. The molecule has 160 valence electrons. The Kier molecular flexibility index (Phi) is 4.75. The maximum Gasteiger partial charge on any atom is 0.212 e. The topological polar surface area (TPSA) is 17.0 Å². The van der Waals surface area contributed by atoms with Crippen molar-refractivity contribution in [1.29, 1.82) is 0 Å². The Labute approximate surface area is 189 Å². The SMILES string of the molecule is Cc1c(-c2cc(CC3CCCCC3)cc[n+]2C)ccc2c1oc1c3ccccc3ccc21. The molecule has 1 fully saturated rings. The van der Waals surface area contributed by atoms with Crippen LogP contribution in [0.1, 0.15) is 43.2 Å². The van der Waals surface area contributed by atoms with Crippen LogP contribution in [-0.2, 0) is 13.5 Å². The van der Waals surface area contributed by atoms with Gasteiger partial charge in [0.2, 0.25) is 5.69 Å². The maximum absolute atomic E-state index is 6.54. The molecule has 32 heavy (non-hydrogen) atoms. The number of rotatable bonds is 3. The molecule has 3 aromatic carbocycles. The Morgan fingerprint density at radius 3 is 2.50 bits per heavy atom. The predicted octanol–water partition coefficient (Wildman–Crippen LogP) is 7.66. The monoisotopic (exact) mass is 420 g/mol. The van der Waals surface area contributed by atoms with Gasteiger partial charge in [-0.05, 0) is 48.4 Å². The molecule has 2 nitrogen and oxygen atoms in total. The summed E-state index contributed by atoms with van der Waals surface area (Å²) >= 11 is 0. The Hall–Kier alpha value is -3.13. The summed E-state index contributed by atoms with van der Waals surface area (Å²) in [6.45, 7) is 2.20. The van der Waals surface area contributed by atoms with Gasteiger partial charge in [0.15, 0.2) is 6.20 Å². The van der Waals surface area contributed by atoms with Gasteiger partial charge >= 0.3 is 0 Å². The summed E-state index contributed by atoms with van der Waals surface area (Å²) in [6, 6.07) is 22.1. The fourth-order valence-corrected chi connectivity index (χ4v) is 5.71. The molecular formula is C30H30NO+. The zero-order valence-corrected chi connectivity index (χ0v) is 19.0. The first-order valence-corrected chi connectivity index (χ1v) is 12.0. The van der Waals surface area contributed by atoms with E-state index in [-0.39, 0.29) is 0 Å². The van der Waals surface area contributed by atoms with Crippen LogP contribution >= 0.6 is 0 Å². The standard InChI is InChI=1S/C30H30NO/c1-20-24(28-19-22(16-17-31(28)2)18-21-8-4-3-5-9-21)14-15-26-27-13-12-23-10-6-7-11-25(23)30(27)32-29(20)26/h6-7,10-17,19,21H,3-5,8-9,18H2,1-2H3/q+1. The summed E-state index contributed by atoms with van der Waals surface area (Å²) in [4.78, 5) is 0. The first kappa shape index (κ1) is 19.5. The van der Waals surface area contributed by atoms with Crippen molar-refractivity contribution in [2.45, 2.75) is 45.4 Å². The molecule has 1 aliphatic rings. The number of furan rings is 1. The molecule has 1 saturated carbocycles. The molecule has 5 aromatic rings. The van der Waals surface area contributed by atoms with E-state index < -0.39 is 0 Å². The van der Waals surface area contributed by atoms with Crippen LogP contribution in [0.2, 0.25) is 0 Å². The Morgan fingerprint density at radius 1 is 0.844 bits per heavy atom. The van der Waals surface area contributed by atoms with Crippen LogP contribution in [0.15, 0.2) is 71.3 Å². The molecule has 0 saturated heterocycles. The molecule has 0 aliphatic heterocycles. The fourth-order valence-electron chi connectivity index (χ4n) is 5.71. The lowest BCUT2D eigenvalue weighted by Gasteiger charge is -2.21. The van der Waals surface area contributed by atoms with Gasteiger partial charge in [0.1, 0.15) is 18.2 Å². The highest BCUT2D eigenvalue weighted by atomic mass is 16.3. The minimum Gasteiger partial charge on any atom is -0.455 e. The molecule has 2 heteroatoms. The second kappa shape index (κ2) is 7.78. The minimum atomic E-state index is 0.844. The zero-order chi connectivity index (χ0) is 21.7. The van der Waals surface area contributed by atoms with E-state index in [1.807, 2.05) is 0 Å². The van der Waals surface area contributed by atoms with Gasteiger partial charge in [-0.25, -0.2) is 4.57 Å². The quantitative estimate of drug-likeness (QED) is 0.274. The molecule has 2 aromatic heterocycles. The molecule has 2 heterocycles. The normalized spacial score (nSPS) is 15.2. The smallest absolute Gasteiger partial charge is 0.212 e. The third kappa shape index (κ3) is 3.21. The molecule has 1 aliphatic carbocycles. The number of benzene rings is 3. The third-order valence-electron chi connectivity index (χ3n) is 7.52. The average molecular weight is 421 g/mol. The molecule has 0 N–H and O–H groups in total. The second-order valence-electron chi connectivity index (χ2n) is 9.62. The van der Waals surface area contributed by atoms with Crippen LogP contribution in [-0.4, -0.2) is 0 Å². The highest BCUT2D eigenvalue weighted by Crippen LogP contribution is 2.38. The lowest BCUT2D eigenvalue weighted by molar-refractivity contribution is -0.660. The predicted molar refractivity (Wildman–Crippen MR) is 133 cm³/mol. The van der Waals surface area contributed by atoms with Crippen LogP contribution < -0.4 is 4.57 Å². The summed E-state index contributed by atoms with van der Waals surface area (Å²) < 4.78 is 8.79. The van der Waals surface area contributed by atoms with Gasteiger partial charge in [-0.1, -0.05) is 62.4 Å². The van der Waals surface area contributed by atoms with E-state index in [1.165, 1.54) is 82.5 Å². The Bertz CT molecular complexity index is 1450. The summed E-state index contributed by atoms with van der Waals surface area (Å²) in [5.74, 6) is 0.844. The van der Waals surface area contributed by atoms with Crippen molar-refractivity contribution in [2.75, 3.05) is 0 Å². The van der Waals surface area contributed by atoms with Crippen molar-refractivity contribution in [3.8, 4) is 11.3 Å². The average Bonchev–Trinajstić information content (AvgIpc) is 3.22. The summed E-state index contributed by atoms with van der Waals surface area (Å²) in [6.07, 6.45) is 10.4. The summed E-state index contributed by atoms with van der Waals surface area (Å²) in [5.41, 5.74) is 7.20. The van der Waals surface area contributed by atoms with E-state index in [9.17, 15) is 0 Å². The summed E-state index contributed by atoms with van der Waals surface area (Å²) in [5, 5.41) is 4.80. The second-order valence-corrected chi connectivity index (χ2v) is 9.62. The van der Waals surface area contributed by atoms with Crippen molar-refractivity contribution in [1.82, 2.24) is 0 Å². The van der Waals surface area contributed by atoms with Gasteiger partial charge in [-0.3, -0.25) is 0 Å². The van der Waals surface area contributed by atoms with E-state index in [2.05, 4.69) is 85.4 Å². The number of fused-ring (bicyclic) bond motifs is 5. The summed E-state index contributed by atoms with van der Waals surface area (Å²) in [7, 11) is 2.15. The number of aryl methyl sites for hydroxylation is 2. The number of hydrogen-bond acceptors (Lipinski definition) is 1.